The molecular formula is C16H21BrN2O. The molecule has 1 N–H and O–H groups in total. The highest BCUT2D eigenvalue weighted by molar-refractivity contribution is 9.10. The summed E-state index contributed by atoms with van der Waals surface area (Å²) >= 11 is 3.49. The SMILES string of the molecule is Cc1ccc(C(=O)NC2CCN3CCCCC23)c(Br)c1. The molecule has 0 radical (unpaired) electrons. The zero-order chi connectivity index (χ0) is 14.1. The van der Waals surface area contributed by atoms with Crippen LogP contribution in [0.4, 0.5) is 0 Å². The van der Waals surface area contributed by atoms with E-state index < -0.39 is 0 Å². The monoisotopic (exact) mass is 336 g/mol. The van der Waals surface area contributed by atoms with Gasteiger partial charge in [-0.2, -0.15) is 0 Å². The third kappa shape index (κ3) is 2.77. The molecule has 2 atom stereocenters. The number of halogens is 1. The third-order valence-electron chi connectivity index (χ3n) is 4.54. The molecule has 1 aromatic carbocycles. The van der Waals surface area contributed by atoms with Crippen molar-refractivity contribution in [2.75, 3.05) is 13.1 Å². The summed E-state index contributed by atoms with van der Waals surface area (Å²) in [5.41, 5.74) is 1.90. The van der Waals surface area contributed by atoms with Gasteiger partial charge >= 0.3 is 0 Å². The maximum Gasteiger partial charge on any atom is 0.252 e. The van der Waals surface area contributed by atoms with E-state index in [0.29, 0.717) is 12.1 Å². The van der Waals surface area contributed by atoms with Crippen LogP contribution in [0.25, 0.3) is 0 Å². The second-order valence-electron chi connectivity index (χ2n) is 5.95. The Kier molecular flexibility index (Phi) is 4.13. The average Bonchev–Trinajstić information content (AvgIpc) is 2.82. The number of benzene rings is 1. The minimum Gasteiger partial charge on any atom is -0.348 e. The summed E-state index contributed by atoms with van der Waals surface area (Å²) in [5, 5.41) is 3.24. The lowest BCUT2D eigenvalue weighted by Crippen LogP contribution is -2.46. The molecule has 2 fully saturated rings. The molecule has 3 nitrogen and oxygen atoms in total. The van der Waals surface area contributed by atoms with E-state index in [0.717, 1.165) is 28.6 Å². The van der Waals surface area contributed by atoms with E-state index in [1.54, 1.807) is 0 Å². The molecule has 2 heterocycles. The van der Waals surface area contributed by atoms with Gasteiger partial charge in [-0.05, 0) is 66.4 Å². The van der Waals surface area contributed by atoms with Crippen molar-refractivity contribution in [2.24, 2.45) is 0 Å². The molecule has 108 valence electrons. The fourth-order valence-electron chi connectivity index (χ4n) is 3.47. The van der Waals surface area contributed by atoms with Crippen LogP contribution >= 0.6 is 15.9 Å². The smallest absolute Gasteiger partial charge is 0.252 e. The van der Waals surface area contributed by atoms with Crippen LogP contribution in [-0.2, 0) is 0 Å². The van der Waals surface area contributed by atoms with E-state index in [2.05, 4.69) is 26.1 Å². The second-order valence-corrected chi connectivity index (χ2v) is 6.81. The van der Waals surface area contributed by atoms with Gasteiger partial charge in [-0.15, -0.1) is 0 Å². The van der Waals surface area contributed by atoms with Crippen molar-refractivity contribution in [1.82, 2.24) is 10.2 Å². The number of carbonyl (C=O) groups excluding carboxylic acids is 1. The van der Waals surface area contributed by atoms with E-state index in [1.165, 1.54) is 25.8 Å². The molecule has 2 saturated heterocycles. The first-order valence-corrected chi connectivity index (χ1v) is 8.25. The van der Waals surface area contributed by atoms with Gasteiger partial charge in [-0.1, -0.05) is 12.5 Å². The van der Waals surface area contributed by atoms with Crippen molar-refractivity contribution >= 4 is 21.8 Å². The molecule has 20 heavy (non-hydrogen) atoms. The number of nitrogens with one attached hydrogen (secondary N) is 1. The van der Waals surface area contributed by atoms with Crippen LogP contribution < -0.4 is 5.32 Å². The van der Waals surface area contributed by atoms with Gasteiger partial charge in [-0.25, -0.2) is 0 Å². The number of fused-ring (bicyclic) bond motifs is 1. The van der Waals surface area contributed by atoms with Crippen LogP contribution in [-0.4, -0.2) is 36.0 Å². The van der Waals surface area contributed by atoms with Gasteiger partial charge in [0.1, 0.15) is 0 Å². The summed E-state index contributed by atoms with van der Waals surface area (Å²) in [6.45, 7) is 4.36. The molecule has 1 aromatic rings. The number of nitrogens with zero attached hydrogens (tertiary/aromatic N) is 1. The van der Waals surface area contributed by atoms with E-state index in [1.807, 2.05) is 25.1 Å². The number of hydrogen-bond acceptors (Lipinski definition) is 2. The van der Waals surface area contributed by atoms with Gasteiger partial charge in [0.15, 0.2) is 0 Å². The summed E-state index contributed by atoms with van der Waals surface area (Å²) in [6.07, 6.45) is 4.91. The lowest BCUT2D eigenvalue weighted by atomic mass is 9.98. The van der Waals surface area contributed by atoms with Gasteiger partial charge < -0.3 is 5.32 Å². The van der Waals surface area contributed by atoms with Gasteiger partial charge in [-0.3, -0.25) is 9.69 Å². The molecular weight excluding hydrogens is 316 g/mol. The summed E-state index contributed by atoms with van der Waals surface area (Å²) in [5.74, 6) is 0.0503. The minimum absolute atomic E-state index is 0.0503. The van der Waals surface area contributed by atoms with Crippen molar-refractivity contribution in [3.8, 4) is 0 Å². The topological polar surface area (TPSA) is 32.3 Å². The molecule has 0 saturated carbocycles. The predicted molar refractivity (Wildman–Crippen MR) is 84.0 cm³/mol. The molecule has 2 aliphatic heterocycles. The van der Waals surface area contributed by atoms with E-state index in [9.17, 15) is 4.79 Å². The fraction of sp³-hybridized carbons (Fsp3) is 0.562. The Bertz CT molecular complexity index is 517. The molecule has 0 aromatic heterocycles. The average molecular weight is 337 g/mol. The zero-order valence-corrected chi connectivity index (χ0v) is 13.4. The van der Waals surface area contributed by atoms with Gasteiger partial charge in [0.2, 0.25) is 0 Å². The Balaban J connectivity index is 1.69. The van der Waals surface area contributed by atoms with Crippen LogP contribution in [0.15, 0.2) is 22.7 Å². The van der Waals surface area contributed by atoms with Gasteiger partial charge in [0.25, 0.3) is 5.91 Å². The Morgan fingerprint density at radius 2 is 2.15 bits per heavy atom. The first-order chi connectivity index (χ1) is 9.65. The Morgan fingerprint density at radius 1 is 1.30 bits per heavy atom. The van der Waals surface area contributed by atoms with Crippen LogP contribution in [0.3, 0.4) is 0 Å². The number of aryl methyl sites for hydroxylation is 1. The fourth-order valence-corrected chi connectivity index (χ4v) is 4.14. The first-order valence-electron chi connectivity index (χ1n) is 7.46. The van der Waals surface area contributed by atoms with Crippen molar-refractivity contribution in [3.63, 3.8) is 0 Å². The molecule has 3 rings (SSSR count). The summed E-state index contributed by atoms with van der Waals surface area (Å²) in [7, 11) is 0. The number of carbonyl (C=O) groups is 1. The first kappa shape index (κ1) is 14.1. The van der Waals surface area contributed by atoms with Crippen LogP contribution in [0, 0.1) is 6.92 Å². The number of piperidine rings is 1. The molecule has 2 unspecified atom stereocenters. The van der Waals surface area contributed by atoms with Crippen LogP contribution in [0.5, 0.6) is 0 Å². The minimum atomic E-state index is 0.0503. The maximum absolute atomic E-state index is 12.4. The zero-order valence-electron chi connectivity index (χ0n) is 11.9. The van der Waals surface area contributed by atoms with Crippen molar-refractivity contribution in [3.05, 3.63) is 33.8 Å². The van der Waals surface area contributed by atoms with Crippen molar-refractivity contribution < 1.29 is 4.79 Å². The standard InChI is InChI=1S/C16H21BrN2O/c1-11-5-6-12(13(17)10-11)16(20)18-14-7-9-19-8-3-2-4-15(14)19/h5-6,10,14-15H,2-4,7-9H2,1H3,(H,18,20). The van der Waals surface area contributed by atoms with Gasteiger partial charge in [0, 0.05) is 23.1 Å². The highest BCUT2D eigenvalue weighted by Crippen LogP contribution is 2.27. The van der Waals surface area contributed by atoms with Crippen LogP contribution in [0.1, 0.15) is 41.6 Å². The summed E-state index contributed by atoms with van der Waals surface area (Å²) < 4.78 is 0.883. The molecule has 0 bridgehead atoms. The van der Waals surface area contributed by atoms with Crippen molar-refractivity contribution in [2.45, 2.75) is 44.7 Å². The lowest BCUT2D eigenvalue weighted by Gasteiger charge is -2.32. The third-order valence-corrected chi connectivity index (χ3v) is 5.20. The molecule has 0 aliphatic carbocycles. The maximum atomic E-state index is 12.4. The van der Waals surface area contributed by atoms with E-state index in [4.69, 9.17) is 0 Å². The predicted octanol–water partition coefficient (Wildman–Crippen LogP) is 3.11. The highest BCUT2D eigenvalue weighted by Gasteiger charge is 2.36. The van der Waals surface area contributed by atoms with Crippen LogP contribution in [0.2, 0.25) is 0 Å². The quantitative estimate of drug-likeness (QED) is 0.899. The molecule has 4 heteroatoms. The Hall–Kier alpha value is -0.870. The Morgan fingerprint density at radius 3 is 2.95 bits per heavy atom. The largest absolute Gasteiger partial charge is 0.348 e. The number of rotatable bonds is 2. The molecule has 1 amide bonds. The molecule has 0 spiro atoms. The van der Waals surface area contributed by atoms with E-state index in [-0.39, 0.29) is 5.91 Å². The number of amides is 1. The summed E-state index contributed by atoms with van der Waals surface area (Å²) in [4.78, 5) is 15.0. The second kappa shape index (κ2) is 5.86. The summed E-state index contributed by atoms with van der Waals surface area (Å²) in [6, 6.07) is 6.76. The normalized spacial score (nSPS) is 26.3. The Labute approximate surface area is 128 Å². The van der Waals surface area contributed by atoms with E-state index >= 15 is 0 Å². The number of hydrogen-bond donors (Lipinski definition) is 1. The molecule has 2 aliphatic rings. The van der Waals surface area contributed by atoms with Crippen molar-refractivity contribution in [1.29, 1.82) is 0 Å². The lowest BCUT2D eigenvalue weighted by molar-refractivity contribution is 0.0914. The highest BCUT2D eigenvalue weighted by atomic mass is 79.9. The van der Waals surface area contributed by atoms with Gasteiger partial charge in [0.05, 0.1) is 5.56 Å².